The molecule has 36 heavy (non-hydrogen) atoms. The fourth-order valence-electron chi connectivity index (χ4n) is 4.73. The first-order valence-electron chi connectivity index (χ1n) is 12.1. The number of ether oxygens (including phenoxy) is 1. The Morgan fingerprint density at radius 2 is 1.75 bits per heavy atom. The van der Waals surface area contributed by atoms with Crippen molar-refractivity contribution in [3.63, 3.8) is 0 Å². The minimum atomic E-state index is -0.536. The van der Waals surface area contributed by atoms with Crippen LogP contribution in [-0.2, 0) is 10.3 Å². The summed E-state index contributed by atoms with van der Waals surface area (Å²) in [6, 6.07) is 18.6. The average molecular weight is 567 g/mol. The molecule has 5 rings (SSSR count). The number of imidazole rings is 1. The molecule has 0 atom stereocenters. The molecule has 0 spiro atoms. The van der Waals surface area contributed by atoms with Gasteiger partial charge in [0.15, 0.2) is 5.65 Å². The van der Waals surface area contributed by atoms with E-state index in [0.717, 1.165) is 63.0 Å². The molecule has 2 aromatic heterocycles. The second-order valence-corrected chi connectivity index (χ2v) is 11.6. The van der Waals surface area contributed by atoms with Crippen molar-refractivity contribution in [3.05, 3.63) is 81.4 Å². The van der Waals surface area contributed by atoms with E-state index in [1.54, 1.807) is 0 Å². The molecule has 1 saturated carbocycles. The number of pyridine rings is 1. The highest BCUT2D eigenvalue weighted by molar-refractivity contribution is 9.10. The summed E-state index contributed by atoms with van der Waals surface area (Å²) in [6.07, 6.45) is 4.39. The van der Waals surface area contributed by atoms with Gasteiger partial charge in [0.25, 0.3) is 0 Å². The van der Waals surface area contributed by atoms with Gasteiger partial charge in [-0.05, 0) is 74.0 Å². The van der Waals surface area contributed by atoms with Crippen LogP contribution in [0.25, 0.3) is 28.2 Å². The lowest BCUT2D eigenvalue weighted by Gasteiger charge is -2.43. The zero-order valence-electron chi connectivity index (χ0n) is 20.9. The smallest absolute Gasteiger partial charge is 0.408 e. The maximum Gasteiger partial charge on any atom is 0.408 e. The summed E-state index contributed by atoms with van der Waals surface area (Å²) in [4.78, 5) is 17.6. The van der Waals surface area contributed by atoms with Gasteiger partial charge in [-0.3, -0.25) is 4.40 Å². The summed E-state index contributed by atoms with van der Waals surface area (Å²) >= 11 is 10.3. The summed E-state index contributed by atoms with van der Waals surface area (Å²) in [5.74, 6) is 0. The topological polar surface area (TPSA) is 55.6 Å². The van der Waals surface area contributed by atoms with Crippen molar-refractivity contribution in [1.29, 1.82) is 0 Å². The highest BCUT2D eigenvalue weighted by atomic mass is 79.9. The Morgan fingerprint density at radius 3 is 2.33 bits per heavy atom. The van der Waals surface area contributed by atoms with Gasteiger partial charge in [0.05, 0.1) is 26.4 Å². The van der Waals surface area contributed by atoms with Crippen LogP contribution in [-0.4, -0.2) is 21.1 Å². The van der Waals surface area contributed by atoms with Crippen LogP contribution < -0.4 is 5.32 Å². The van der Waals surface area contributed by atoms with Crippen LogP contribution in [0.1, 0.15) is 51.2 Å². The van der Waals surface area contributed by atoms with Crippen molar-refractivity contribution in [2.45, 2.75) is 58.1 Å². The lowest BCUT2D eigenvalue weighted by Crippen LogP contribution is -2.52. The molecule has 1 aliphatic carbocycles. The fourth-order valence-corrected chi connectivity index (χ4v) is 5.53. The predicted molar refractivity (Wildman–Crippen MR) is 148 cm³/mol. The van der Waals surface area contributed by atoms with Crippen LogP contribution in [0.5, 0.6) is 0 Å². The Morgan fingerprint density at radius 1 is 1.08 bits per heavy atom. The van der Waals surface area contributed by atoms with Gasteiger partial charge in [0, 0.05) is 17.3 Å². The normalized spacial score (nSPS) is 14.9. The minimum absolute atomic E-state index is 0.380. The minimum Gasteiger partial charge on any atom is -0.444 e. The standard InChI is InChI=1S/C29H29BrClN3O2/c1-18-22(31)17-34-25(20-9-6-5-7-10-20)24(32-26(34)23(18)30)19-11-13-21(14-12-19)29(15-8-16-29)33-27(35)36-28(2,3)4/h5-7,9-14,17H,8,15-16H2,1-4H3,(H,33,35). The first kappa shape index (κ1) is 24.8. The van der Waals surface area contributed by atoms with Crippen molar-refractivity contribution in [3.8, 4) is 22.5 Å². The Bertz CT molecular complexity index is 1440. The van der Waals surface area contributed by atoms with E-state index in [1.807, 2.05) is 52.1 Å². The van der Waals surface area contributed by atoms with Crippen molar-refractivity contribution in [2.24, 2.45) is 0 Å². The number of amides is 1. The number of benzene rings is 2. The van der Waals surface area contributed by atoms with Gasteiger partial charge in [-0.15, -0.1) is 0 Å². The van der Waals surface area contributed by atoms with Gasteiger partial charge in [-0.1, -0.05) is 66.2 Å². The van der Waals surface area contributed by atoms with Crippen LogP contribution in [0.3, 0.4) is 0 Å². The SMILES string of the molecule is Cc1c(Cl)cn2c(-c3ccccc3)c(-c3ccc(C4(NC(=O)OC(C)(C)C)CCC4)cc3)nc2c1Br. The van der Waals surface area contributed by atoms with Gasteiger partial charge in [0.2, 0.25) is 0 Å². The molecule has 0 saturated heterocycles. The van der Waals surface area contributed by atoms with E-state index in [1.165, 1.54) is 0 Å². The molecule has 2 heterocycles. The van der Waals surface area contributed by atoms with E-state index in [-0.39, 0.29) is 6.09 Å². The number of aromatic nitrogens is 2. The Kier molecular flexibility index (Phi) is 6.38. The van der Waals surface area contributed by atoms with Crippen molar-refractivity contribution in [1.82, 2.24) is 14.7 Å². The van der Waals surface area contributed by atoms with Gasteiger partial charge in [-0.2, -0.15) is 0 Å². The summed E-state index contributed by atoms with van der Waals surface area (Å²) in [6.45, 7) is 7.61. The first-order valence-corrected chi connectivity index (χ1v) is 13.3. The molecule has 186 valence electrons. The highest BCUT2D eigenvalue weighted by Gasteiger charge is 2.41. The van der Waals surface area contributed by atoms with E-state index in [2.05, 4.69) is 62.0 Å². The molecule has 0 unspecified atom stereocenters. The number of hydrogen-bond acceptors (Lipinski definition) is 3. The van der Waals surface area contributed by atoms with Crippen molar-refractivity contribution < 1.29 is 9.53 Å². The summed E-state index contributed by atoms with van der Waals surface area (Å²) in [7, 11) is 0. The van der Waals surface area contributed by atoms with E-state index in [0.29, 0.717) is 5.02 Å². The molecule has 4 aromatic rings. The monoisotopic (exact) mass is 565 g/mol. The Labute approximate surface area is 225 Å². The number of halogens is 2. The quantitative estimate of drug-likeness (QED) is 0.270. The number of fused-ring (bicyclic) bond motifs is 1. The van der Waals surface area contributed by atoms with E-state index in [4.69, 9.17) is 21.3 Å². The van der Waals surface area contributed by atoms with Crippen molar-refractivity contribution >= 4 is 39.3 Å². The third-order valence-corrected chi connectivity index (χ3v) is 8.07. The van der Waals surface area contributed by atoms with Crippen LogP contribution in [0.4, 0.5) is 4.79 Å². The molecule has 0 radical (unpaired) electrons. The number of carbonyl (C=O) groups is 1. The predicted octanol–water partition coefficient (Wildman–Crippen LogP) is 8.30. The number of nitrogens with zero attached hydrogens (tertiary/aromatic N) is 2. The van der Waals surface area contributed by atoms with E-state index in [9.17, 15) is 4.79 Å². The number of carbonyl (C=O) groups excluding carboxylic acids is 1. The molecular formula is C29H29BrClN3O2. The zero-order chi connectivity index (χ0) is 25.7. The molecule has 5 nitrogen and oxygen atoms in total. The molecule has 0 bridgehead atoms. The van der Waals surface area contributed by atoms with E-state index < -0.39 is 11.1 Å². The van der Waals surface area contributed by atoms with Crippen LogP contribution in [0.2, 0.25) is 5.02 Å². The van der Waals surface area contributed by atoms with Crippen LogP contribution in [0.15, 0.2) is 65.3 Å². The molecule has 2 aromatic carbocycles. The molecule has 1 N–H and O–H groups in total. The second-order valence-electron chi connectivity index (χ2n) is 10.4. The largest absolute Gasteiger partial charge is 0.444 e. The van der Waals surface area contributed by atoms with E-state index >= 15 is 0 Å². The maximum absolute atomic E-state index is 12.6. The maximum atomic E-state index is 12.6. The first-order chi connectivity index (χ1) is 17.1. The lowest BCUT2D eigenvalue weighted by molar-refractivity contribution is 0.0377. The molecule has 0 aliphatic heterocycles. The van der Waals surface area contributed by atoms with Crippen LogP contribution in [0, 0.1) is 6.92 Å². The molecule has 1 fully saturated rings. The Balaban J connectivity index is 1.56. The van der Waals surface area contributed by atoms with Gasteiger partial charge in [-0.25, -0.2) is 9.78 Å². The molecule has 1 amide bonds. The average Bonchev–Trinajstić information content (AvgIpc) is 3.19. The number of hydrogen-bond donors (Lipinski definition) is 1. The fraction of sp³-hybridized carbons (Fsp3) is 0.310. The molecule has 1 aliphatic rings. The molecule has 7 heteroatoms. The number of rotatable bonds is 4. The summed E-state index contributed by atoms with van der Waals surface area (Å²) in [5, 5.41) is 3.81. The summed E-state index contributed by atoms with van der Waals surface area (Å²) < 4.78 is 8.47. The second kappa shape index (κ2) is 9.24. The van der Waals surface area contributed by atoms with Gasteiger partial charge < -0.3 is 10.1 Å². The summed E-state index contributed by atoms with van der Waals surface area (Å²) in [5.41, 5.74) is 5.82. The van der Waals surface area contributed by atoms with Gasteiger partial charge >= 0.3 is 6.09 Å². The van der Waals surface area contributed by atoms with Crippen molar-refractivity contribution in [2.75, 3.05) is 0 Å². The lowest BCUT2D eigenvalue weighted by atomic mass is 9.71. The number of nitrogens with one attached hydrogen (secondary N) is 1. The third kappa shape index (κ3) is 4.53. The number of alkyl carbamates (subject to hydrolysis) is 1. The van der Waals surface area contributed by atoms with Crippen LogP contribution >= 0.6 is 27.5 Å². The Hall–Kier alpha value is -2.83. The third-order valence-electron chi connectivity index (χ3n) is 6.74. The zero-order valence-corrected chi connectivity index (χ0v) is 23.2. The highest BCUT2D eigenvalue weighted by Crippen LogP contribution is 2.43. The molecular weight excluding hydrogens is 538 g/mol. The van der Waals surface area contributed by atoms with Gasteiger partial charge in [0.1, 0.15) is 5.60 Å².